The SMILES string of the molecule is c1ccc(-n2c3ccccc3c3cc(N4c5ccccc5Sc5ccccc54)ccc32)cc1. The second-order valence-corrected chi connectivity index (χ2v) is 9.35. The third kappa shape index (κ3) is 2.83. The van der Waals surface area contributed by atoms with Gasteiger partial charge < -0.3 is 9.47 Å². The van der Waals surface area contributed by atoms with Crippen LogP contribution in [0.2, 0.25) is 0 Å². The molecule has 0 bridgehead atoms. The van der Waals surface area contributed by atoms with E-state index < -0.39 is 0 Å². The summed E-state index contributed by atoms with van der Waals surface area (Å²) in [5.74, 6) is 0. The summed E-state index contributed by atoms with van der Waals surface area (Å²) >= 11 is 1.84. The Morgan fingerprint density at radius 1 is 0.455 bits per heavy atom. The molecule has 6 aromatic rings. The van der Waals surface area contributed by atoms with Crippen molar-refractivity contribution in [1.82, 2.24) is 4.57 Å². The van der Waals surface area contributed by atoms with Crippen LogP contribution in [0.5, 0.6) is 0 Å². The zero-order valence-electron chi connectivity index (χ0n) is 17.8. The van der Waals surface area contributed by atoms with Crippen molar-refractivity contribution < 1.29 is 0 Å². The van der Waals surface area contributed by atoms with Crippen molar-refractivity contribution in [2.45, 2.75) is 9.79 Å². The molecule has 1 aliphatic rings. The molecule has 1 aromatic heterocycles. The predicted octanol–water partition coefficient (Wildman–Crippen LogP) is 8.72. The van der Waals surface area contributed by atoms with E-state index in [1.807, 2.05) is 11.8 Å². The summed E-state index contributed by atoms with van der Waals surface area (Å²) in [7, 11) is 0. The van der Waals surface area contributed by atoms with Crippen LogP contribution in [0.4, 0.5) is 17.1 Å². The normalized spacial score (nSPS) is 12.7. The highest BCUT2D eigenvalue weighted by Gasteiger charge is 2.25. The number of hydrogen-bond acceptors (Lipinski definition) is 2. The summed E-state index contributed by atoms with van der Waals surface area (Å²) in [5.41, 5.74) is 7.27. The summed E-state index contributed by atoms with van der Waals surface area (Å²) in [6, 6.07) is 43.5. The molecule has 1 aliphatic heterocycles. The second-order valence-electron chi connectivity index (χ2n) is 8.26. The fourth-order valence-electron chi connectivity index (χ4n) is 4.94. The molecule has 0 fully saturated rings. The number of nitrogens with zero attached hydrogens (tertiary/aromatic N) is 2. The molecule has 2 nitrogen and oxygen atoms in total. The molecular weight excluding hydrogens is 420 g/mol. The molecule has 7 rings (SSSR count). The van der Waals surface area contributed by atoms with Crippen LogP contribution >= 0.6 is 11.8 Å². The Balaban J connectivity index is 1.51. The summed E-state index contributed by atoms with van der Waals surface area (Å²) < 4.78 is 2.36. The Kier molecular flexibility index (Phi) is 4.11. The van der Waals surface area contributed by atoms with Gasteiger partial charge in [0.2, 0.25) is 0 Å². The molecule has 156 valence electrons. The van der Waals surface area contributed by atoms with Gasteiger partial charge >= 0.3 is 0 Å². The van der Waals surface area contributed by atoms with Gasteiger partial charge in [0, 0.05) is 31.9 Å². The van der Waals surface area contributed by atoms with E-state index in [9.17, 15) is 0 Å². The highest BCUT2D eigenvalue weighted by molar-refractivity contribution is 7.99. The molecule has 2 heterocycles. The maximum absolute atomic E-state index is 2.40. The lowest BCUT2D eigenvalue weighted by molar-refractivity contribution is 1.16. The molecule has 0 saturated carbocycles. The quantitative estimate of drug-likeness (QED) is 0.266. The standard InChI is InChI=1S/C30H20N2S/c1-2-10-21(11-3-1)31-25-13-5-4-12-23(25)24-20-22(18-19-26(24)31)32-27-14-6-8-16-29(27)33-30-17-9-7-15-28(30)32/h1-20H. The average molecular weight is 441 g/mol. The van der Waals surface area contributed by atoms with Crippen LogP contribution in [-0.4, -0.2) is 4.57 Å². The Labute approximate surface area is 196 Å². The minimum absolute atomic E-state index is 1.18. The van der Waals surface area contributed by atoms with Gasteiger partial charge in [-0.1, -0.05) is 72.4 Å². The smallest absolute Gasteiger partial charge is 0.0601 e. The van der Waals surface area contributed by atoms with Gasteiger partial charge in [0.15, 0.2) is 0 Å². The molecule has 0 amide bonds. The van der Waals surface area contributed by atoms with E-state index in [2.05, 4.69) is 131 Å². The first-order valence-corrected chi connectivity index (χ1v) is 11.9. The van der Waals surface area contributed by atoms with E-state index >= 15 is 0 Å². The predicted molar refractivity (Wildman–Crippen MR) is 140 cm³/mol. The second kappa shape index (κ2) is 7.29. The molecular formula is C30H20N2S. The van der Waals surface area contributed by atoms with Gasteiger partial charge in [0.05, 0.1) is 22.4 Å². The summed E-state index contributed by atoms with van der Waals surface area (Å²) in [6.07, 6.45) is 0. The molecule has 0 atom stereocenters. The van der Waals surface area contributed by atoms with E-state index in [0.29, 0.717) is 0 Å². The van der Waals surface area contributed by atoms with Crippen molar-refractivity contribution in [3.8, 4) is 5.69 Å². The van der Waals surface area contributed by atoms with Gasteiger partial charge in [-0.15, -0.1) is 0 Å². The zero-order valence-corrected chi connectivity index (χ0v) is 18.7. The highest BCUT2D eigenvalue weighted by atomic mass is 32.2. The Hall–Kier alpha value is -3.95. The van der Waals surface area contributed by atoms with Gasteiger partial charge in [0.25, 0.3) is 0 Å². The number of benzene rings is 5. The Bertz CT molecular complexity index is 1600. The van der Waals surface area contributed by atoms with Crippen LogP contribution in [-0.2, 0) is 0 Å². The van der Waals surface area contributed by atoms with E-state index in [1.54, 1.807) is 0 Å². The number of fused-ring (bicyclic) bond motifs is 5. The molecule has 5 aromatic carbocycles. The van der Waals surface area contributed by atoms with Crippen molar-refractivity contribution in [1.29, 1.82) is 0 Å². The van der Waals surface area contributed by atoms with Gasteiger partial charge in [0.1, 0.15) is 0 Å². The summed E-state index contributed by atoms with van der Waals surface area (Å²) in [5, 5.41) is 2.53. The van der Waals surface area contributed by atoms with Crippen LogP contribution in [0.1, 0.15) is 0 Å². The summed E-state index contributed by atoms with van der Waals surface area (Å²) in [6.45, 7) is 0. The minimum atomic E-state index is 1.18. The van der Waals surface area contributed by atoms with Gasteiger partial charge in [-0.3, -0.25) is 0 Å². The Morgan fingerprint density at radius 3 is 1.82 bits per heavy atom. The monoisotopic (exact) mass is 440 g/mol. The van der Waals surface area contributed by atoms with Crippen molar-refractivity contribution >= 4 is 50.6 Å². The van der Waals surface area contributed by atoms with Crippen LogP contribution < -0.4 is 4.90 Å². The topological polar surface area (TPSA) is 8.17 Å². The highest BCUT2D eigenvalue weighted by Crippen LogP contribution is 2.51. The van der Waals surface area contributed by atoms with Crippen molar-refractivity contribution in [2.75, 3.05) is 4.90 Å². The van der Waals surface area contributed by atoms with Gasteiger partial charge in [-0.05, 0) is 60.7 Å². The van der Waals surface area contributed by atoms with Crippen LogP contribution in [0.15, 0.2) is 131 Å². The van der Waals surface area contributed by atoms with Crippen LogP contribution in [0.3, 0.4) is 0 Å². The van der Waals surface area contributed by atoms with E-state index in [1.165, 1.54) is 54.3 Å². The lowest BCUT2D eigenvalue weighted by atomic mass is 10.1. The molecule has 0 unspecified atom stereocenters. The molecule has 0 N–H and O–H groups in total. The molecule has 3 heteroatoms. The van der Waals surface area contributed by atoms with E-state index in [-0.39, 0.29) is 0 Å². The first-order valence-electron chi connectivity index (χ1n) is 11.1. The lowest BCUT2D eigenvalue weighted by Crippen LogP contribution is -2.14. The lowest BCUT2D eigenvalue weighted by Gasteiger charge is -2.32. The molecule has 0 radical (unpaired) electrons. The first-order chi connectivity index (χ1) is 16.4. The largest absolute Gasteiger partial charge is 0.309 e. The maximum atomic E-state index is 2.40. The van der Waals surface area contributed by atoms with E-state index in [0.717, 1.165) is 0 Å². The molecule has 33 heavy (non-hydrogen) atoms. The molecule has 0 saturated heterocycles. The minimum Gasteiger partial charge on any atom is -0.309 e. The van der Waals surface area contributed by atoms with Crippen molar-refractivity contribution in [3.63, 3.8) is 0 Å². The fourth-order valence-corrected chi connectivity index (χ4v) is 6.00. The van der Waals surface area contributed by atoms with Gasteiger partial charge in [-0.2, -0.15) is 0 Å². The van der Waals surface area contributed by atoms with Crippen LogP contribution in [0, 0.1) is 0 Å². The maximum Gasteiger partial charge on any atom is 0.0601 e. The molecule has 0 aliphatic carbocycles. The number of hydrogen-bond donors (Lipinski definition) is 0. The van der Waals surface area contributed by atoms with Gasteiger partial charge in [-0.25, -0.2) is 0 Å². The third-order valence-electron chi connectivity index (χ3n) is 6.36. The number of para-hydroxylation sites is 4. The number of anilines is 3. The Morgan fingerprint density at radius 2 is 1.06 bits per heavy atom. The third-order valence-corrected chi connectivity index (χ3v) is 7.49. The zero-order chi connectivity index (χ0) is 21.8. The number of aromatic nitrogens is 1. The fraction of sp³-hybridized carbons (Fsp3) is 0. The summed E-state index contributed by atoms with van der Waals surface area (Å²) in [4.78, 5) is 4.96. The first kappa shape index (κ1) is 18.6. The van der Waals surface area contributed by atoms with Crippen molar-refractivity contribution in [2.24, 2.45) is 0 Å². The van der Waals surface area contributed by atoms with Crippen molar-refractivity contribution in [3.05, 3.63) is 121 Å². The molecule has 0 spiro atoms. The average Bonchev–Trinajstić information content (AvgIpc) is 3.21. The van der Waals surface area contributed by atoms with E-state index in [4.69, 9.17) is 0 Å². The van der Waals surface area contributed by atoms with Crippen LogP contribution in [0.25, 0.3) is 27.5 Å². The number of rotatable bonds is 2.